The zero-order valence-electron chi connectivity index (χ0n) is 10.3. The summed E-state index contributed by atoms with van der Waals surface area (Å²) in [5.41, 5.74) is 3.10. The Morgan fingerprint density at radius 1 is 1.50 bits per heavy atom. The summed E-state index contributed by atoms with van der Waals surface area (Å²) in [4.78, 5) is 11.8. The minimum Gasteiger partial charge on any atom is -0.469 e. The molecule has 0 saturated heterocycles. The van der Waals surface area contributed by atoms with Crippen LogP contribution in [-0.4, -0.2) is 12.1 Å². The van der Waals surface area contributed by atoms with Gasteiger partial charge in [0.25, 0.3) is 5.91 Å². The summed E-state index contributed by atoms with van der Waals surface area (Å²) < 4.78 is 5.08. The van der Waals surface area contributed by atoms with E-state index < -0.39 is 0 Å². The van der Waals surface area contributed by atoms with Crippen LogP contribution >= 0.6 is 0 Å². The number of hydrogen-bond acceptors (Lipinski definition) is 3. The van der Waals surface area contributed by atoms with E-state index in [9.17, 15) is 4.79 Å². The van der Waals surface area contributed by atoms with Gasteiger partial charge in [0, 0.05) is 12.1 Å². The van der Waals surface area contributed by atoms with E-state index in [0.29, 0.717) is 23.2 Å². The number of amides is 1. The van der Waals surface area contributed by atoms with Gasteiger partial charge in [0.1, 0.15) is 5.76 Å². The van der Waals surface area contributed by atoms with Crippen LogP contribution in [-0.2, 0) is 0 Å². The molecule has 1 amide bonds. The second-order valence-corrected chi connectivity index (χ2v) is 5.05. The van der Waals surface area contributed by atoms with Crippen LogP contribution < -0.4 is 5.43 Å². The highest BCUT2D eigenvalue weighted by Crippen LogP contribution is 2.42. The van der Waals surface area contributed by atoms with Crippen molar-refractivity contribution in [3.05, 3.63) is 35.8 Å². The molecule has 1 N–H and O–H groups in total. The second kappa shape index (κ2) is 4.44. The summed E-state index contributed by atoms with van der Waals surface area (Å²) in [6.45, 7) is 1.76. The third kappa shape index (κ3) is 1.98. The number of aryl methyl sites for hydroxylation is 1. The minimum absolute atomic E-state index is 0.212. The Morgan fingerprint density at radius 3 is 3.00 bits per heavy atom. The lowest BCUT2D eigenvalue weighted by Crippen LogP contribution is -2.19. The lowest BCUT2D eigenvalue weighted by Gasteiger charge is -2.11. The topological polar surface area (TPSA) is 54.6 Å². The van der Waals surface area contributed by atoms with Gasteiger partial charge in [0.15, 0.2) is 0 Å². The zero-order chi connectivity index (χ0) is 12.5. The molecular weight excluding hydrogens is 228 g/mol. The summed E-state index contributed by atoms with van der Waals surface area (Å²) in [7, 11) is 0. The monoisotopic (exact) mass is 244 g/mol. The maximum atomic E-state index is 11.8. The Balaban J connectivity index is 1.57. The van der Waals surface area contributed by atoms with E-state index >= 15 is 0 Å². The Bertz CT molecular complexity index is 516. The van der Waals surface area contributed by atoms with Crippen molar-refractivity contribution in [1.82, 2.24) is 5.43 Å². The standard InChI is InChI=1S/C14H16N2O2/c1-9-13(4-5-18-9)14(17)16-15-8-12-7-10-2-3-11(12)6-10/h2-5,8,10-12H,6-7H2,1H3,(H,16,17)/b15-8-/t10-,11-,12-/m0/s1. The zero-order valence-corrected chi connectivity index (χ0v) is 10.3. The first-order chi connectivity index (χ1) is 8.74. The quantitative estimate of drug-likeness (QED) is 0.504. The average Bonchev–Trinajstić information content (AvgIpc) is 3.04. The van der Waals surface area contributed by atoms with Gasteiger partial charge in [-0.2, -0.15) is 5.10 Å². The predicted molar refractivity (Wildman–Crippen MR) is 68.2 cm³/mol. The molecule has 18 heavy (non-hydrogen) atoms. The van der Waals surface area contributed by atoms with E-state index in [1.807, 2.05) is 6.21 Å². The lowest BCUT2D eigenvalue weighted by molar-refractivity contribution is 0.0953. The molecule has 0 radical (unpaired) electrons. The Hall–Kier alpha value is -1.84. The first-order valence-electron chi connectivity index (χ1n) is 6.30. The van der Waals surface area contributed by atoms with Crippen LogP contribution in [0.1, 0.15) is 29.0 Å². The van der Waals surface area contributed by atoms with Gasteiger partial charge in [-0.25, -0.2) is 5.43 Å². The van der Waals surface area contributed by atoms with Crippen molar-refractivity contribution in [2.45, 2.75) is 19.8 Å². The number of fused-ring (bicyclic) bond motifs is 2. The van der Waals surface area contributed by atoms with Gasteiger partial charge in [-0.15, -0.1) is 0 Å². The molecule has 2 aliphatic carbocycles. The molecule has 0 aromatic carbocycles. The second-order valence-electron chi connectivity index (χ2n) is 5.05. The molecule has 0 aliphatic heterocycles. The highest BCUT2D eigenvalue weighted by atomic mass is 16.3. The molecule has 94 valence electrons. The van der Waals surface area contributed by atoms with Crippen LogP contribution in [0.2, 0.25) is 0 Å². The molecule has 1 saturated carbocycles. The largest absolute Gasteiger partial charge is 0.469 e. The Morgan fingerprint density at radius 2 is 2.39 bits per heavy atom. The van der Waals surface area contributed by atoms with Crippen molar-refractivity contribution in [1.29, 1.82) is 0 Å². The van der Waals surface area contributed by atoms with Gasteiger partial charge in [-0.3, -0.25) is 4.79 Å². The highest BCUT2D eigenvalue weighted by Gasteiger charge is 2.34. The normalized spacial score (nSPS) is 29.3. The van der Waals surface area contributed by atoms with Crippen LogP contribution in [0.15, 0.2) is 34.0 Å². The minimum atomic E-state index is -0.212. The molecule has 1 heterocycles. The smallest absolute Gasteiger partial charge is 0.274 e. The fraction of sp³-hybridized carbons (Fsp3) is 0.429. The highest BCUT2D eigenvalue weighted by molar-refractivity contribution is 5.95. The van der Waals surface area contributed by atoms with Crippen molar-refractivity contribution >= 4 is 12.1 Å². The van der Waals surface area contributed by atoms with E-state index in [1.165, 1.54) is 12.7 Å². The molecule has 3 atom stereocenters. The SMILES string of the molecule is Cc1occc1C(=O)N/N=C\[C@@H]1C[C@H]2C=C[C@H]1C2. The maximum Gasteiger partial charge on any atom is 0.274 e. The average molecular weight is 244 g/mol. The van der Waals surface area contributed by atoms with Crippen LogP contribution in [0.4, 0.5) is 0 Å². The van der Waals surface area contributed by atoms with Crippen molar-refractivity contribution in [2.75, 3.05) is 0 Å². The van der Waals surface area contributed by atoms with E-state index in [1.54, 1.807) is 13.0 Å². The third-order valence-corrected chi connectivity index (χ3v) is 3.87. The molecule has 4 nitrogen and oxygen atoms in total. The van der Waals surface area contributed by atoms with Gasteiger partial charge in [-0.05, 0) is 37.7 Å². The molecule has 2 aliphatic rings. The van der Waals surface area contributed by atoms with Crippen LogP contribution in [0, 0.1) is 24.7 Å². The van der Waals surface area contributed by atoms with Crippen molar-refractivity contribution in [3.8, 4) is 0 Å². The molecule has 1 aromatic rings. The van der Waals surface area contributed by atoms with Gasteiger partial charge in [-0.1, -0.05) is 12.2 Å². The molecule has 4 heteroatoms. The Kier molecular flexibility index (Phi) is 2.78. The molecule has 3 rings (SSSR count). The fourth-order valence-electron chi connectivity index (χ4n) is 2.87. The number of rotatable bonds is 3. The van der Waals surface area contributed by atoms with Gasteiger partial charge < -0.3 is 4.42 Å². The molecule has 1 fully saturated rings. The molecular formula is C14H16N2O2. The number of hydrazone groups is 1. The molecule has 2 bridgehead atoms. The van der Waals surface area contributed by atoms with E-state index in [-0.39, 0.29) is 5.91 Å². The fourth-order valence-corrected chi connectivity index (χ4v) is 2.87. The van der Waals surface area contributed by atoms with Crippen LogP contribution in [0.25, 0.3) is 0 Å². The Labute approximate surface area is 106 Å². The van der Waals surface area contributed by atoms with E-state index in [0.717, 1.165) is 12.3 Å². The van der Waals surface area contributed by atoms with Crippen molar-refractivity contribution < 1.29 is 9.21 Å². The van der Waals surface area contributed by atoms with Gasteiger partial charge >= 0.3 is 0 Å². The molecule has 0 spiro atoms. The number of carbonyl (C=O) groups is 1. The lowest BCUT2D eigenvalue weighted by atomic mass is 9.95. The number of hydrogen-bond donors (Lipinski definition) is 1. The van der Waals surface area contributed by atoms with Gasteiger partial charge in [0.05, 0.1) is 11.8 Å². The molecule has 0 unspecified atom stereocenters. The van der Waals surface area contributed by atoms with E-state index in [2.05, 4.69) is 22.7 Å². The summed E-state index contributed by atoms with van der Waals surface area (Å²) in [6, 6.07) is 1.65. The first-order valence-corrected chi connectivity index (χ1v) is 6.30. The van der Waals surface area contributed by atoms with Gasteiger partial charge in [0.2, 0.25) is 0 Å². The van der Waals surface area contributed by atoms with Crippen LogP contribution in [0.5, 0.6) is 0 Å². The van der Waals surface area contributed by atoms with E-state index in [4.69, 9.17) is 4.42 Å². The van der Waals surface area contributed by atoms with Crippen LogP contribution in [0.3, 0.4) is 0 Å². The third-order valence-electron chi connectivity index (χ3n) is 3.87. The maximum absolute atomic E-state index is 11.8. The number of nitrogens with one attached hydrogen (secondary N) is 1. The number of furan rings is 1. The predicted octanol–water partition coefficient (Wildman–Crippen LogP) is 2.52. The summed E-state index contributed by atoms with van der Waals surface area (Å²) in [5.74, 6) is 2.22. The van der Waals surface area contributed by atoms with Crippen molar-refractivity contribution in [3.63, 3.8) is 0 Å². The molecule has 1 aromatic heterocycles. The summed E-state index contributed by atoms with van der Waals surface area (Å²) in [6.07, 6.45) is 10.3. The number of allylic oxidation sites excluding steroid dienone is 2. The number of nitrogens with zero attached hydrogens (tertiary/aromatic N) is 1. The summed E-state index contributed by atoms with van der Waals surface area (Å²) >= 11 is 0. The number of carbonyl (C=O) groups excluding carboxylic acids is 1. The van der Waals surface area contributed by atoms with Crippen molar-refractivity contribution in [2.24, 2.45) is 22.9 Å². The summed E-state index contributed by atoms with van der Waals surface area (Å²) in [5, 5.41) is 4.07. The first kappa shape index (κ1) is 11.3.